The van der Waals surface area contributed by atoms with E-state index in [9.17, 15) is 4.79 Å². The van der Waals surface area contributed by atoms with Gasteiger partial charge in [-0.15, -0.1) is 0 Å². The Balaban J connectivity index is 1.56. The highest BCUT2D eigenvalue weighted by Gasteiger charge is 2.23. The second-order valence-electron chi connectivity index (χ2n) is 9.05. The minimum atomic E-state index is 0.389. The molecule has 0 atom stereocenters. The highest BCUT2D eigenvalue weighted by Crippen LogP contribution is 2.38. The number of carbonyl (C=O) groups excluding carboxylic acids is 1. The van der Waals surface area contributed by atoms with Crippen molar-refractivity contribution in [1.29, 1.82) is 0 Å². The number of aromatic nitrogens is 4. The first-order chi connectivity index (χ1) is 15.0. The van der Waals surface area contributed by atoms with Crippen LogP contribution in [0.15, 0.2) is 36.8 Å². The molecule has 0 radical (unpaired) electrons. The number of pyridine rings is 1. The second kappa shape index (κ2) is 7.93. The lowest BCUT2D eigenvalue weighted by molar-refractivity contribution is -0.109. The summed E-state index contributed by atoms with van der Waals surface area (Å²) in [5, 5.41) is 5.67. The first kappa shape index (κ1) is 19.9. The average molecular weight is 416 g/mol. The molecule has 5 rings (SSSR count). The number of H-pyrrole nitrogens is 1. The molecular formula is C25H29N5O. The molecule has 0 unspecified atom stereocenters. The Hall–Kier alpha value is -2.99. The van der Waals surface area contributed by atoms with Gasteiger partial charge in [0.05, 0.1) is 12.2 Å². The van der Waals surface area contributed by atoms with Crippen LogP contribution in [0.25, 0.3) is 27.8 Å². The molecule has 3 aromatic heterocycles. The number of hydrogen-bond donors (Lipinski definition) is 1. The van der Waals surface area contributed by atoms with Crippen LogP contribution >= 0.6 is 0 Å². The van der Waals surface area contributed by atoms with Gasteiger partial charge >= 0.3 is 0 Å². The quantitative estimate of drug-likeness (QED) is 0.480. The maximum atomic E-state index is 10.8. The molecule has 1 saturated heterocycles. The molecule has 160 valence electrons. The van der Waals surface area contributed by atoms with Crippen LogP contribution in [-0.2, 0) is 4.79 Å². The van der Waals surface area contributed by atoms with Crippen molar-refractivity contribution in [2.75, 3.05) is 19.6 Å². The Kier molecular flexibility index (Phi) is 5.10. The van der Waals surface area contributed by atoms with Gasteiger partial charge < -0.3 is 9.78 Å². The van der Waals surface area contributed by atoms with E-state index in [1.165, 1.54) is 27.7 Å². The summed E-state index contributed by atoms with van der Waals surface area (Å²) in [6.07, 6.45) is 6.90. The summed E-state index contributed by atoms with van der Waals surface area (Å²) in [5.41, 5.74) is 8.27. The number of hydrogen-bond acceptors (Lipinski definition) is 4. The Morgan fingerprint density at radius 3 is 2.77 bits per heavy atom. The maximum absolute atomic E-state index is 10.8. The number of carbonyl (C=O) groups is 1. The number of rotatable bonds is 5. The topological polar surface area (TPSA) is 66.3 Å². The number of fused-ring (bicyclic) bond motifs is 2. The number of aldehydes is 1. The predicted molar refractivity (Wildman–Crippen MR) is 124 cm³/mol. The molecule has 1 fully saturated rings. The van der Waals surface area contributed by atoms with Crippen molar-refractivity contribution in [3.8, 4) is 11.3 Å². The van der Waals surface area contributed by atoms with Gasteiger partial charge in [0.25, 0.3) is 0 Å². The van der Waals surface area contributed by atoms with E-state index < -0.39 is 0 Å². The van der Waals surface area contributed by atoms with Crippen LogP contribution in [0.2, 0.25) is 0 Å². The van der Waals surface area contributed by atoms with E-state index in [-0.39, 0.29) is 0 Å². The van der Waals surface area contributed by atoms with E-state index in [1.807, 2.05) is 4.52 Å². The van der Waals surface area contributed by atoms with E-state index in [2.05, 4.69) is 71.2 Å². The number of piperidine rings is 1. The molecule has 4 aromatic rings. The molecule has 6 heteroatoms. The Morgan fingerprint density at radius 2 is 2.03 bits per heavy atom. The summed E-state index contributed by atoms with van der Waals surface area (Å²) in [7, 11) is 0. The van der Waals surface area contributed by atoms with Crippen LogP contribution in [0.5, 0.6) is 0 Å². The van der Waals surface area contributed by atoms with Gasteiger partial charge in [-0.25, -0.2) is 9.50 Å². The van der Waals surface area contributed by atoms with Crippen molar-refractivity contribution in [3.63, 3.8) is 0 Å². The number of nitrogens with one attached hydrogen (secondary N) is 1. The van der Waals surface area contributed by atoms with Gasteiger partial charge in [0.1, 0.15) is 12.6 Å². The average Bonchev–Trinajstić information content (AvgIpc) is 3.39. The highest BCUT2D eigenvalue weighted by atomic mass is 16.1. The van der Waals surface area contributed by atoms with E-state index in [0.717, 1.165) is 49.0 Å². The molecule has 1 N–H and O–H groups in total. The van der Waals surface area contributed by atoms with Crippen LogP contribution in [0.1, 0.15) is 55.2 Å². The number of benzene rings is 1. The highest BCUT2D eigenvalue weighted by molar-refractivity contribution is 5.92. The van der Waals surface area contributed by atoms with Gasteiger partial charge in [-0.3, -0.25) is 4.90 Å². The first-order valence-electron chi connectivity index (χ1n) is 11.2. The minimum absolute atomic E-state index is 0.389. The lowest BCUT2D eigenvalue weighted by Gasteiger charge is -2.30. The van der Waals surface area contributed by atoms with Crippen LogP contribution in [0.4, 0.5) is 0 Å². The fraction of sp³-hybridized carbons (Fsp3) is 0.400. The third-order valence-electron chi connectivity index (χ3n) is 6.68. The molecule has 0 saturated carbocycles. The van der Waals surface area contributed by atoms with Crippen LogP contribution in [0.3, 0.4) is 0 Å². The van der Waals surface area contributed by atoms with Gasteiger partial charge in [-0.2, -0.15) is 5.10 Å². The largest absolute Gasteiger partial charge is 0.354 e. The van der Waals surface area contributed by atoms with E-state index in [4.69, 9.17) is 0 Å². The van der Waals surface area contributed by atoms with Gasteiger partial charge in [0.15, 0.2) is 5.65 Å². The van der Waals surface area contributed by atoms with E-state index in [0.29, 0.717) is 18.4 Å². The van der Waals surface area contributed by atoms with Crippen molar-refractivity contribution in [1.82, 2.24) is 24.5 Å². The summed E-state index contributed by atoms with van der Waals surface area (Å²) in [6, 6.07) is 9.10. The molecule has 1 aliphatic heterocycles. The lowest BCUT2D eigenvalue weighted by atomic mass is 9.87. The van der Waals surface area contributed by atoms with Crippen molar-refractivity contribution < 1.29 is 4.79 Å². The molecule has 0 amide bonds. The molecular weight excluding hydrogens is 386 g/mol. The van der Waals surface area contributed by atoms with E-state index >= 15 is 0 Å². The van der Waals surface area contributed by atoms with Crippen LogP contribution in [-0.4, -0.2) is 50.4 Å². The smallest absolute Gasteiger partial charge is 0.158 e. The number of nitrogens with zero attached hydrogens (tertiary/aromatic N) is 4. The fourth-order valence-corrected chi connectivity index (χ4v) is 5.10. The SMILES string of the molecule is Cc1cc(-c2[nH]c3ccc(C4CCN(CC=O)CC4)cc3c2C(C)C)cn2ncnc12. The zero-order chi connectivity index (χ0) is 21.5. The van der Waals surface area contributed by atoms with Crippen LogP contribution in [0, 0.1) is 6.92 Å². The van der Waals surface area contributed by atoms with Gasteiger partial charge in [-0.1, -0.05) is 19.9 Å². The van der Waals surface area contributed by atoms with Gasteiger partial charge in [0.2, 0.25) is 0 Å². The normalized spacial score (nSPS) is 16.0. The molecule has 0 aliphatic carbocycles. The standard InChI is InChI=1S/C25H29N5O/c1-16(2)23-21-13-19(18-6-8-29(9-7-18)10-11-31)4-5-22(21)28-24(23)20-12-17(3)25-26-15-27-30(25)14-20/h4-5,11-16,18,28H,6-10H2,1-3H3. The van der Waals surface area contributed by atoms with Crippen LogP contribution < -0.4 is 0 Å². The summed E-state index contributed by atoms with van der Waals surface area (Å²) in [5.74, 6) is 0.944. The number of aromatic amines is 1. The molecule has 1 aliphatic rings. The monoisotopic (exact) mass is 415 g/mol. The Morgan fingerprint density at radius 1 is 1.23 bits per heavy atom. The second-order valence-corrected chi connectivity index (χ2v) is 9.05. The van der Waals surface area contributed by atoms with Crippen molar-refractivity contribution in [3.05, 3.63) is 53.5 Å². The number of aryl methyl sites for hydroxylation is 1. The third kappa shape index (κ3) is 3.55. The Bertz CT molecular complexity index is 1240. The van der Waals surface area contributed by atoms with Crippen molar-refractivity contribution in [2.45, 2.75) is 45.4 Å². The molecule has 4 heterocycles. The zero-order valence-electron chi connectivity index (χ0n) is 18.4. The lowest BCUT2D eigenvalue weighted by Crippen LogP contribution is -2.34. The molecule has 0 spiro atoms. The zero-order valence-corrected chi connectivity index (χ0v) is 18.4. The fourth-order valence-electron chi connectivity index (χ4n) is 5.10. The van der Waals surface area contributed by atoms with Crippen molar-refractivity contribution in [2.24, 2.45) is 0 Å². The molecule has 1 aromatic carbocycles. The first-order valence-corrected chi connectivity index (χ1v) is 11.2. The minimum Gasteiger partial charge on any atom is -0.354 e. The summed E-state index contributed by atoms with van der Waals surface area (Å²) in [4.78, 5) is 21.1. The third-order valence-corrected chi connectivity index (χ3v) is 6.68. The predicted octanol–water partition coefficient (Wildman–Crippen LogP) is 4.69. The van der Waals surface area contributed by atoms with Crippen molar-refractivity contribution >= 4 is 22.8 Å². The Labute approximate surface area is 182 Å². The summed E-state index contributed by atoms with van der Waals surface area (Å²) >= 11 is 0. The summed E-state index contributed by atoms with van der Waals surface area (Å²) < 4.78 is 1.86. The maximum Gasteiger partial charge on any atom is 0.158 e. The molecule has 6 nitrogen and oxygen atoms in total. The summed E-state index contributed by atoms with van der Waals surface area (Å²) in [6.45, 7) is 9.15. The molecule has 0 bridgehead atoms. The van der Waals surface area contributed by atoms with Gasteiger partial charge in [0, 0.05) is 22.7 Å². The number of likely N-dealkylation sites (tertiary alicyclic amines) is 1. The molecule has 31 heavy (non-hydrogen) atoms. The van der Waals surface area contributed by atoms with Gasteiger partial charge in [-0.05, 0) is 79.6 Å². The van der Waals surface area contributed by atoms with E-state index in [1.54, 1.807) is 6.33 Å².